The fourth-order valence-corrected chi connectivity index (χ4v) is 1.55. The summed E-state index contributed by atoms with van der Waals surface area (Å²) in [5.41, 5.74) is 0.395. The van der Waals surface area contributed by atoms with E-state index in [4.69, 9.17) is 9.84 Å². The van der Waals surface area contributed by atoms with E-state index in [-0.39, 0.29) is 11.3 Å². The Morgan fingerprint density at radius 2 is 1.89 bits per heavy atom. The number of carbonyl (C=O) groups is 1. The highest BCUT2D eigenvalue weighted by Crippen LogP contribution is 2.19. The highest BCUT2D eigenvalue weighted by atomic mass is 19.1. The van der Waals surface area contributed by atoms with Crippen molar-refractivity contribution in [2.45, 2.75) is 0 Å². The number of hydrogen-bond acceptors (Lipinski definition) is 3. The quantitative estimate of drug-likeness (QED) is 0.835. The predicted octanol–water partition coefficient (Wildman–Crippen LogP) is 2.79. The average molecular weight is 261 g/mol. The number of hydrogen-bond donors (Lipinski definition) is 2. The fourth-order valence-electron chi connectivity index (χ4n) is 1.55. The standard InChI is InChI=1S/C14H12FNO3/c1-19-11-6-7-12(13(15)8-11)14(18)16-9-2-4-10(17)5-3-9/h2-8,17H,1H3,(H,16,18). The van der Waals surface area contributed by atoms with Crippen molar-refractivity contribution in [3.05, 3.63) is 53.8 Å². The lowest BCUT2D eigenvalue weighted by Crippen LogP contribution is -2.13. The molecular weight excluding hydrogens is 249 g/mol. The van der Waals surface area contributed by atoms with Crippen molar-refractivity contribution in [3.63, 3.8) is 0 Å². The van der Waals surface area contributed by atoms with Crippen molar-refractivity contribution in [2.24, 2.45) is 0 Å². The Kier molecular flexibility index (Phi) is 3.66. The zero-order valence-corrected chi connectivity index (χ0v) is 10.2. The number of phenols is 1. The van der Waals surface area contributed by atoms with Gasteiger partial charge in [0.1, 0.15) is 17.3 Å². The molecule has 0 unspecified atom stereocenters. The molecule has 2 aromatic rings. The number of carbonyl (C=O) groups excluding carboxylic acids is 1. The number of ether oxygens (including phenoxy) is 1. The summed E-state index contributed by atoms with van der Waals surface area (Å²) in [4.78, 5) is 11.9. The minimum absolute atomic E-state index is 0.0751. The molecule has 0 fully saturated rings. The van der Waals surface area contributed by atoms with Crippen LogP contribution in [0.2, 0.25) is 0 Å². The molecule has 0 bridgehead atoms. The molecule has 0 saturated heterocycles. The number of nitrogens with one attached hydrogen (secondary N) is 1. The van der Waals surface area contributed by atoms with Crippen molar-refractivity contribution in [1.82, 2.24) is 0 Å². The van der Waals surface area contributed by atoms with E-state index in [9.17, 15) is 9.18 Å². The van der Waals surface area contributed by atoms with Crippen LogP contribution < -0.4 is 10.1 Å². The summed E-state index contributed by atoms with van der Waals surface area (Å²) in [7, 11) is 1.42. The van der Waals surface area contributed by atoms with E-state index in [1.165, 1.54) is 43.5 Å². The number of benzene rings is 2. The van der Waals surface area contributed by atoms with Gasteiger partial charge in [0, 0.05) is 11.8 Å². The Bertz CT molecular complexity index is 596. The van der Waals surface area contributed by atoms with E-state index in [0.29, 0.717) is 11.4 Å². The summed E-state index contributed by atoms with van der Waals surface area (Å²) in [6.07, 6.45) is 0. The summed E-state index contributed by atoms with van der Waals surface area (Å²) >= 11 is 0. The van der Waals surface area contributed by atoms with Gasteiger partial charge >= 0.3 is 0 Å². The monoisotopic (exact) mass is 261 g/mol. The van der Waals surface area contributed by atoms with Gasteiger partial charge in [-0.05, 0) is 36.4 Å². The van der Waals surface area contributed by atoms with E-state index in [1.54, 1.807) is 0 Å². The van der Waals surface area contributed by atoms with Crippen LogP contribution in [0.4, 0.5) is 10.1 Å². The third kappa shape index (κ3) is 3.01. The first-order valence-electron chi connectivity index (χ1n) is 5.54. The Morgan fingerprint density at radius 1 is 1.21 bits per heavy atom. The Balaban J connectivity index is 2.18. The number of methoxy groups -OCH3 is 1. The van der Waals surface area contributed by atoms with Gasteiger partial charge in [-0.2, -0.15) is 0 Å². The number of rotatable bonds is 3. The number of anilines is 1. The molecule has 2 N–H and O–H groups in total. The molecule has 0 spiro atoms. The van der Waals surface area contributed by atoms with Crippen molar-refractivity contribution in [3.8, 4) is 11.5 Å². The lowest BCUT2D eigenvalue weighted by atomic mass is 10.2. The third-order valence-corrected chi connectivity index (χ3v) is 2.55. The molecule has 0 aliphatic heterocycles. The lowest BCUT2D eigenvalue weighted by molar-refractivity contribution is 0.102. The SMILES string of the molecule is COc1ccc(C(=O)Nc2ccc(O)cc2)c(F)c1. The van der Waals surface area contributed by atoms with Crippen LogP contribution in [0, 0.1) is 5.82 Å². The van der Waals surface area contributed by atoms with E-state index in [0.717, 1.165) is 6.07 Å². The minimum Gasteiger partial charge on any atom is -0.508 e. The molecular formula is C14H12FNO3. The highest BCUT2D eigenvalue weighted by Gasteiger charge is 2.12. The van der Waals surface area contributed by atoms with Gasteiger partial charge in [0.05, 0.1) is 12.7 Å². The minimum atomic E-state index is -0.657. The zero-order valence-electron chi connectivity index (χ0n) is 10.2. The average Bonchev–Trinajstić information content (AvgIpc) is 2.41. The number of phenolic OH excluding ortho intramolecular Hbond substituents is 1. The van der Waals surface area contributed by atoms with E-state index in [1.807, 2.05) is 0 Å². The van der Waals surface area contributed by atoms with Crippen molar-refractivity contribution >= 4 is 11.6 Å². The number of amides is 1. The molecule has 2 rings (SSSR count). The van der Waals surface area contributed by atoms with Gasteiger partial charge in [-0.3, -0.25) is 4.79 Å². The smallest absolute Gasteiger partial charge is 0.258 e. The van der Waals surface area contributed by atoms with Gasteiger partial charge in [0.15, 0.2) is 0 Å². The second-order valence-corrected chi connectivity index (χ2v) is 3.85. The number of halogens is 1. The molecule has 4 nitrogen and oxygen atoms in total. The molecule has 0 aromatic heterocycles. The van der Waals surface area contributed by atoms with Crippen LogP contribution in [0.25, 0.3) is 0 Å². The lowest BCUT2D eigenvalue weighted by Gasteiger charge is -2.07. The summed E-state index contributed by atoms with van der Waals surface area (Å²) in [6.45, 7) is 0. The van der Waals surface area contributed by atoms with E-state index in [2.05, 4.69) is 5.32 Å². The first-order valence-corrected chi connectivity index (χ1v) is 5.54. The fraction of sp³-hybridized carbons (Fsp3) is 0.0714. The summed E-state index contributed by atoms with van der Waals surface area (Å²) in [6, 6.07) is 9.91. The molecule has 0 aliphatic rings. The molecule has 1 amide bonds. The molecule has 19 heavy (non-hydrogen) atoms. The first kappa shape index (κ1) is 12.9. The second kappa shape index (κ2) is 5.39. The van der Waals surface area contributed by atoms with Crippen LogP contribution in [-0.2, 0) is 0 Å². The molecule has 0 saturated carbocycles. The van der Waals surface area contributed by atoms with Gasteiger partial charge in [0.2, 0.25) is 0 Å². The molecule has 5 heteroatoms. The maximum Gasteiger partial charge on any atom is 0.258 e. The van der Waals surface area contributed by atoms with Crippen LogP contribution in [0.1, 0.15) is 10.4 Å². The highest BCUT2D eigenvalue weighted by molar-refractivity contribution is 6.04. The molecule has 0 atom stereocenters. The Morgan fingerprint density at radius 3 is 2.47 bits per heavy atom. The Labute approximate surface area is 109 Å². The van der Waals surface area contributed by atoms with Gasteiger partial charge in [-0.1, -0.05) is 0 Å². The van der Waals surface area contributed by atoms with Crippen molar-refractivity contribution < 1.29 is 19.0 Å². The van der Waals surface area contributed by atoms with Gasteiger partial charge in [0.25, 0.3) is 5.91 Å². The maximum absolute atomic E-state index is 13.7. The largest absolute Gasteiger partial charge is 0.508 e. The van der Waals surface area contributed by atoms with Crippen molar-refractivity contribution in [2.75, 3.05) is 12.4 Å². The van der Waals surface area contributed by atoms with Crippen molar-refractivity contribution in [1.29, 1.82) is 0 Å². The Hall–Kier alpha value is -2.56. The zero-order chi connectivity index (χ0) is 13.8. The maximum atomic E-state index is 13.7. The normalized spacial score (nSPS) is 10.0. The summed E-state index contributed by atoms with van der Waals surface area (Å²) < 4.78 is 18.5. The third-order valence-electron chi connectivity index (χ3n) is 2.55. The summed E-state index contributed by atoms with van der Waals surface area (Å²) in [5.74, 6) is -0.784. The molecule has 0 aliphatic carbocycles. The van der Waals surface area contributed by atoms with Crippen LogP contribution in [0.15, 0.2) is 42.5 Å². The predicted molar refractivity (Wildman–Crippen MR) is 69.0 cm³/mol. The van der Waals surface area contributed by atoms with Crippen LogP contribution in [-0.4, -0.2) is 18.1 Å². The molecule has 98 valence electrons. The van der Waals surface area contributed by atoms with Crippen LogP contribution >= 0.6 is 0 Å². The van der Waals surface area contributed by atoms with Crippen LogP contribution in [0.3, 0.4) is 0 Å². The first-order chi connectivity index (χ1) is 9.10. The molecule has 0 radical (unpaired) electrons. The van der Waals surface area contributed by atoms with E-state index >= 15 is 0 Å². The number of aromatic hydroxyl groups is 1. The van der Waals surface area contributed by atoms with Gasteiger partial charge in [-0.25, -0.2) is 4.39 Å². The second-order valence-electron chi connectivity index (χ2n) is 3.85. The van der Waals surface area contributed by atoms with Gasteiger partial charge in [-0.15, -0.1) is 0 Å². The summed E-state index contributed by atoms with van der Waals surface area (Å²) in [5, 5.41) is 11.7. The molecule has 2 aromatic carbocycles. The molecule has 0 heterocycles. The van der Waals surface area contributed by atoms with E-state index < -0.39 is 11.7 Å². The van der Waals surface area contributed by atoms with Crippen LogP contribution in [0.5, 0.6) is 11.5 Å². The van der Waals surface area contributed by atoms with Gasteiger partial charge < -0.3 is 15.2 Å². The topological polar surface area (TPSA) is 58.6 Å².